The molecule has 3 aromatic rings. The van der Waals surface area contributed by atoms with E-state index in [1.54, 1.807) is 6.07 Å². The third-order valence-corrected chi connectivity index (χ3v) is 3.26. The van der Waals surface area contributed by atoms with Gasteiger partial charge in [0.1, 0.15) is 5.65 Å². The first-order valence-electron chi connectivity index (χ1n) is 6.44. The Morgan fingerprint density at radius 3 is 2.71 bits per heavy atom. The lowest BCUT2D eigenvalue weighted by molar-refractivity contribution is -0.136. The van der Waals surface area contributed by atoms with Crippen LogP contribution in [0.25, 0.3) is 16.9 Å². The van der Waals surface area contributed by atoms with Gasteiger partial charge < -0.3 is 10.1 Å². The summed E-state index contributed by atoms with van der Waals surface area (Å²) in [4.78, 5) is 25.8. The van der Waals surface area contributed by atoms with Gasteiger partial charge in [-0.3, -0.25) is 9.59 Å². The highest BCUT2D eigenvalue weighted by Crippen LogP contribution is 2.18. The van der Waals surface area contributed by atoms with Crippen LogP contribution in [-0.2, 0) is 11.2 Å². The van der Waals surface area contributed by atoms with Crippen LogP contribution in [-0.4, -0.2) is 25.7 Å². The van der Waals surface area contributed by atoms with Crippen LogP contribution in [0.1, 0.15) is 11.1 Å². The van der Waals surface area contributed by atoms with Gasteiger partial charge in [-0.05, 0) is 6.92 Å². The number of nitrogens with zero attached hydrogens (tertiary/aromatic N) is 2. The maximum Gasteiger partial charge on any atom is 0.308 e. The first kappa shape index (κ1) is 13.1. The van der Waals surface area contributed by atoms with E-state index < -0.39 is 11.5 Å². The van der Waals surface area contributed by atoms with Gasteiger partial charge in [0.2, 0.25) is 0 Å². The molecule has 1 aromatic carbocycles. The highest BCUT2D eigenvalue weighted by molar-refractivity contribution is 5.70. The number of nitrogens with one attached hydrogen (secondary N) is 1. The van der Waals surface area contributed by atoms with Crippen LogP contribution in [0.15, 0.2) is 41.3 Å². The van der Waals surface area contributed by atoms with Crippen LogP contribution in [0.3, 0.4) is 0 Å². The van der Waals surface area contributed by atoms with Gasteiger partial charge in [0.15, 0.2) is 0 Å². The topological polar surface area (TPSA) is 87.5 Å². The summed E-state index contributed by atoms with van der Waals surface area (Å²) in [6, 6.07) is 9.56. The maximum atomic E-state index is 12.2. The number of carbonyl (C=O) groups is 1. The number of carboxylic acid groups (broad SMARTS) is 1. The van der Waals surface area contributed by atoms with E-state index in [9.17, 15) is 9.59 Å². The normalized spacial score (nSPS) is 10.9. The van der Waals surface area contributed by atoms with Gasteiger partial charge in [-0.15, -0.1) is 0 Å². The summed E-state index contributed by atoms with van der Waals surface area (Å²) >= 11 is 0. The quantitative estimate of drug-likeness (QED) is 0.764. The number of fused-ring (bicyclic) bond motifs is 1. The monoisotopic (exact) mass is 283 g/mol. The maximum absolute atomic E-state index is 12.2. The molecule has 6 nitrogen and oxygen atoms in total. The van der Waals surface area contributed by atoms with E-state index in [4.69, 9.17) is 5.11 Å². The number of benzene rings is 1. The summed E-state index contributed by atoms with van der Waals surface area (Å²) in [5.41, 5.74) is 3.00. The van der Waals surface area contributed by atoms with Crippen molar-refractivity contribution < 1.29 is 9.90 Å². The number of aryl methyl sites for hydroxylation is 1. The highest BCUT2D eigenvalue weighted by atomic mass is 16.4. The van der Waals surface area contributed by atoms with Gasteiger partial charge in [0, 0.05) is 23.4 Å². The average molecular weight is 283 g/mol. The van der Waals surface area contributed by atoms with Crippen LogP contribution in [0.4, 0.5) is 0 Å². The standard InChI is InChI=1S/C15H13N3O3/c1-9-2-4-10(5-3-9)12-7-13-16-8-11(6-14(19)20)15(21)18(13)17-12/h2-5,7-8,16H,6H2,1H3,(H,19,20). The Kier molecular flexibility index (Phi) is 3.06. The molecule has 2 aromatic heterocycles. The fourth-order valence-corrected chi connectivity index (χ4v) is 2.15. The van der Waals surface area contributed by atoms with E-state index in [1.807, 2.05) is 31.2 Å². The number of H-pyrrole nitrogens is 1. The molecule has 0 bridgehead atoms. The lowest BCUT2D eigenvalue weighted by Gasteiger charge is -1.97. The summed E-state index contributed by atoms with van der Waals surface area (Å²) in [6.45, 7) is 2.00. The Morgan fingerprint density at radius 2 is 2.05 bits per heavy atom. The predicted molar refractivity (Wildman–Crippen MR) is 77.3 cm³/mol. The number of aliphatic carboxylic acids is 1. The number of aromatic nitrogens is 3. The molecule has 0 saturated heterocycles. The second-order valence-electron chi connectivity index (χ2n) is 4.88. The minimum atomic E-state index is -1.05. The fraction of sp³-hybridized carbons (Fsp3) is 0.133. The van der Waals surface area contributed by atoms with Crippen molar-refractivity contribution in [3.63, 3.8) is 0 Å². The van der Waals surface area contributed by atoms with E-state index in [0.717, 1.165) is 11.1 Å². The summed E-state index contributed by atoms with van der Waals surface area (Å²) in [5.74, 6) is -1.05. The molecule has 0 aliphatic rings. The van der Waals surface area contributed by atoms with Crippen molar-refractivity contribution in [2.45, 2.75) is 13.3 Å². The SMILES string of the molecule is Cc1ccc(-c2cc3[nH]cc(CC(=O)O)c(=O)n3n2)cc1. The molecule has 2 heterocycles. The van der Waals surface area contributed by atoms with Crippen molar-refractivity contribution >= 4 is 11.6 Å². The van der Waals surface area contributed by atoms with E-state index in [2.05, 4.69) is 10.1 Å². The zero-order chi connectivity index (χ0) is 15.0. The van der Waals surface area contributed by atoms with Crippen molar-refractivity contribution in [1.29, 1.82) is 0 Å². The largest absolute Gasteiger partial charge is 0.481 e. The molecule has 21 heavy (non-hydrogen) atoms. The van der Waals surface area contributed by atoms with Crippen LogP contribution in [0.2, 0.25) is 0 Å². The van der Waals surface area contributed by atoms with Crippen LogP contribution < -0.4 is 5.56 Å². The Morgan fingerprint density at radius 1 is 1.33 bits per heavy atom. The zero-order valence-corrected chi connectivity index (χ0v) is 11.3. The Hall–Kier alpha value is -2.89. The third-order valence-electron chi connectivity index (χ3n) is 3.26. The van der Waals surface area contributed by atoms with Crippen LogP contribution in [0, 0.1) is 6.92 Å². The number of carboxylic acids is 1. The van der Waals surface area contributed by atoms with Gasteiger partial charge in [-0.1, -0.05) is 29.8 Å². The van der Waals surface area contributed by atoms with Gasteiger partial charge in [0.25, 0.3) is 5.56 Å². The van der Waals surface area contributed by atoms with E-state index in [-0.39, 0.29) is 12.0 Å². The van der Waals surface area contributed by atoms with Crippen molar-refractivity contribution in [3.8, 4) is 11.3 Å². The first-order chi connectivity index (χ1) is 10.0. The number of rotatable bonds is 3. The minimum Gasteiger partial charge on any atom is -0.481 e. The summed E-state index contributed by atoms with van der Waals surface area (Å²) < 4.78 is 1.20. The van der Waals surface area contributed by atoms with E-state index in [1.165, 1.54) is 10.7 Å². The van der Waals surface area contributed by atoms with E-state index >= 15 is 0 Å². The molecule has 0 saturated carbocycles. The summed E-state index contributed by atoms with van der Waals surface area (Å²) in [6.07, 6.45) is 1.09. The molecular formula is C15H13N3O3. The van der Waals surface area contributed by atoms with Gasteiger partial charge in [-0.25, -0.2) is 0 Å². The number of hydrogen-bond donors (Lipinski definition) is 2. The predicted octanol–water partition coefficient (Wildman–Crippen LogP) is 1.63. The molecular weight excluding hydrogens is 270 g/mol. The summed E-state index contributed by atoms with van der Waals surface area (Å²) in [7, 11) is 0. The highest BCUT2D eigenvalue weighted by Gasteiger charge is 2.11. The Labute approximate surface area is 119 Å². The average Bonchev–Trinajstić information content (AvgIpc) is 2.87. The summed E-state index contributed by atoms with van der Waals surface area (Å²) in [5, 5.41) is 13.1. The molecule has 106 valence electrons. The number of hydrogen-bond acceptors (Lipinski definition) is 3. The molecule has 0 spiro atoms. The fourth-order valence-electron chi connectivity index (χ4n) is 2.15. The lowest BCUT2D eigenvalue weighted by Crippen LogP contribution is -2.21. The van der Waals surface area contributed by atoms with Crippen molar-refractivity contribution in [2.24, 2.45) is 0 Å². The number of aromatic amines is 1. The molecule has 0 fully saturated rings. The van der Waals surface area contributed by atoms with Gasteiger partial charge in [0.05, 0.1) is 12.1 Å². The van der Waals surface area contributed by atoms with E-state index in [0.29, 0.717) is 11.3 Å². The van der Waals surface area contributed by atoms with Crippen molar-refractivity contribution in [1.82, 2.24) is 14.6 Å². The smallest absolute Gasteiger partial charge is 0.308 e. The van der Waals surface area contributed by atoms with Crippen LogP contribution in [0.5, 0.6) is 0 Å². The molecule has 6 heteroatoms. The molecule has 0 aliphatic heterocycles. The first-order valence-corrected chi connectivity index (χ1v) is 6.44. The Balaban J connectivity index is 2.12. The molecule has 0 aliphatic carbocycles. The molecule has 0 radical (unpaired) electrons. The second-order valence-corrected chi connectivity index (χ2v) is 4.88. The lowest BCUT2D eigenvalue weighted by atomic mass is 10.1. The molecule has 3 rings (SSSR count). The van der Waals surface area contributed by atoms with Crippen molar-refractivity contribution in [2.75, 3.05) is 0 Å². The third kappa shape index (κ3) is 2.43. The second kappa shape index (κ2) is 4.90. The molecule has 2 N–H and O–H groups in total. The zero-order valence-electron chi connectivity index (χ0n) is 11.3. The molecule has 0 atom stereocenters. The Bertz CT molecular complexity index is 875. The van der Waals surface area contributed by atoms with Crippen LogP contribution >= 0.6 is 0 Å². The minimum absolute atomic E-state index is 0.175. The molecule has 0 amide bonds. The van der Waals surface area contributed by atoms with Gasteiger partial charge >= 0.3 is 5.97 Å². The van der Waals surface area contributed by atoms with Gasteiger partial charge in [-0.2, -0.15) is 9.61 Å². The van der Waals surface area contributed by atoms with Crippen molar-refractivity contribution in [3.05, 3.63) is 58.0 Å². The molecule has 0 unspecified atom stereocenters.